The molecule has 10 nitrogen and oxygen atoms in total. The lowest BCUT2D eigenvalue weighted by atomic mass is 10.0. The van der Waals surface area contributed by atoms with Gasteiger partial charge in [-0.15, -0.1) is 0 Å². The van der Waals surface area contributed by atoms with Gasteiger partial charge in [-0.25, -0.2) is 0 Å². The second kappa shape index (κ2) is 12.7. The summed E-state index contributed by atoms with van der Waals surface area (Å²) in [6.45, 7) is 4.35. The van der Waals surface area contributed by atoms with Gasteiger partial charge in [0.2, 0.25) is 17.7 Å². The minimum atomic E-state index is -1.38. The molecular formula is C21H32N4O6. The van der Waals surface area contributed by atoms with Gasteiger partial charge in [-0.3, -0.25) is 19.2 Å². The van der Waals surface area contributed by atoms with E-state index in [4.69, 9.17) is 10.8 Å². The molecule has 10 heteroatoms. The minimum absolute atomic E-state index is 0.137. The van der Waals surface area contributed by atoms with E-state index in [0.717, 1.165) is 5.56 Å². The van der Waals surface area contributed by atoms with Crippen molar-refractivity contribution in [3.63, 3.8) is 0 Å². The van der Waals surface area contributed by atoms with E-state index in [9.17, 15) is 24.3 Å². The summed E-state index contributed by atoms with van der Waals surface area (Å²) >= 11 is 0. The Morgan fingerprint density at radius 3 is 1.97 bits per heavy atom. The van der Waals surface area contributed by atoms with Crippen LogP contribution in [0.3, 0.4) is 0 Å². The van der Waals surface area contributed by atoms with Crippen molar-refractivity contribution >= 4 is 23.7 Å². The molecular weight excluding hydrogens is 404 g/mol. The predicted octanol–water partition coefficient (Wildman–Crippen LogP) is -0.846. The Kier molecular flexibility index (Phi) is 10.6. The van der Waals surface area contributed by atoms with Crippen LogP contribution in [0.2, 0.25) is 0 Å². The normalized spacial score (nSPS) is 14.8. The zero-order chi connectivity index (χ0) is 23.6. The fourth-order valence-corrected chi connectivity index (χ4v) is 2.79. The molecule has 31 heavy (non-hydrogen) atoms. The Bertz CT molecular complexity index is 755. The van der Waals surface area contributed by atoms with E-state index in [-0.39, 0.29) is 12.3 Å². The molecule has 0 aliphatic carbocycles. The number of benzene rings is 1. The van der Waals surface area contributed by atoms with E-state index in [1.165, 1.54) is 6.92 Å². The third-order valence-corrected chi connectivity index (χ3v) is 4.52. The zero-order valence-corrected chi connectivity index (χ0v) is 18.0. The van der Waals surface area contributed by atoms with Crippen LogP contribution in [0.4, 0.5) is 0 Å². The number of rotatable bonds is 12. The van der Waals surface area contributed by atoms with Crippen LogP contribution in [0.1, 0.15) is 32.8 Å². The Morgan fingerprint density at radius 2 is 1.45 bits per heavy atom. The number of nitrogens with one attached hydrogen (secondary N) is 3. The highest BCUT2D eigenvalue weighted by Crippen LogP contribution is 2.07. The van der Waals surface area contributed by atoms with E-state index in [1.54, 1.807) is 24.3 Å². The first-order chi connectivity index (χ1) is 14.5. The van der Waals surface area contributed by atoms with Crippen LogP contribution < -0.4 is 21.7 Å². The SMILES string of the molecule is CC(C)CC(N)C(=O)NC(Cc1ccccc1)C(=O)NC(CO)C(=O)NC(C)C(=O)O. The van der Waals surface area contributed by atoms with Gasteiger partial charge in [-0.2, -0.15) is 0 Å². The largest absolute Gasteiger partial charge is 0.480 e. The quantitative estimate of drug-likeness (QED) is 0.248. The molecule has 0 bridgehead atoms. The topological polar surface area (TPSA) is 171 Å². The Hall–Kier alpha value is -2.98. The molecule has 172 valence electrons. The Labute approximate surface area is 181 Å². The summed E-state index contributed by atoms with van der Waals surface area (Å²) < 4.78 is 0. The summed E-state index contributed by atoms with van der Waals surface area (Å²) in [5, 5.41) is 25.6. The summed E-state index contributed by atoms with van der Waals surface area (Å²) in [5.74, 6) is -3.14. The van der Waals surface area contributed by atoms with Gasteiger partial charge in [0.25, 0.3) is 0 Å². The van der Waals surface area contributed by atoms with Crippen molar-refractivity contribution in [2.45, 2.75) is 57.8 Å². The van der Waals surface area contributed by atoms with Gasteiger partial charge in [0.05, 0.1) is 12.6 Å². The molecule has 3 amide bonds. The summed E-state index contributed by atoms with van der Waals surface area (Å²) in [5.41, 5.74) is 6.68. The molecule has 4 unspecified atom stereocenters. The monoisotopic (exact) mass is 436 g/mol. The van der Waals surface area contributed by atoms with Crippen molar-refractivity contribution < 1.29 is 29.4 Å². The number of aliphatic hydroxyl groups excluding tert-OH is 1. The lowest BCUT2D eigenvalue weighted by Gasteiger charge is -2.24. The van der Waals surface area contributed by atoms with Crippen LogP contribution in [0.25, 0.3) is 0 Å². The first kappa shape index (κ1) is 26.1. The molecule has 0 aliphatic heterocycles. The van der Waals surface area contributed by atoms with Crippen molar-refractivity contribution in [1.82, 2.24) is 16.0 Å². The van der Waals surface area contributed by atoms with Crippen LogP contribution >= 0.6 is 0 Å². The van der Waals surface area contributed by atoms with Crippen molar-refractivity contribution in [2.24, 2.45) is 11.7 Å². The highest BCUT2D eigenvalue weighted by Gasteiger charge is 2.29. The number of carboxylic acid groups (broad SMARTS) is 1. The summed E-state index contributed by atoms with van der Waals surface area (Å²) in [4.78, 5) is 48.4. The fraction of sp³-hybridized carbons (Fsp3) is 0.524. The molecule has 4 atom stereocenters. The summed E-state index contributed by atoms with van der Waals surface area (Å²) in [6, 6.07) is 4.51. The fourth-order valence-electron chi connectivity index (χ4n) is 2.79. The van der Waals surface area contributed by atoms with E-state index < -0.39 is 54.5 Å². The van der Waals surface area contributed by atoms with E-state index in [2.05, 4.69) is 16.0 Å². The maximum Gasteiger partial charge on any atom is 0.325 e. The first-order valence-corrected chi connectivity index (χ1v) is 10.1. The molecule has 0 heterocycles. The van der Waals surface area contributed by atoms with Gasteiger partial charge in [0.1, 0.15) is 18.1 Å². The van der Waals surface area contributed by atoms with E-state index in [1.807, 2.05) is 19.9 Å². The number of nitrogens with two attached hydrogens (primary N) is 1. The van der Waals surface area contributed by atoms with Gasteiger partial charge in [0, 0.05) is 6.42 Å². The number of hydrogen-bond acceptors (Lipinski definition) is 6. The van der Waals surface area contributed by atoms with Crippen molar-refractivity contribution in [3.05, 3.63) is 35.9 Å². The second-order valence-electron chi connectivity index (χ2n) is 7.80. The summed E-state index contributed by atoms with van der Waals surface area (Å²) in [6.07, 6.45) is 0.568. The van der Waals surface area contributed by atoms with Gasteiger partial charge in [0.15, 0.2) is 0 Å². The number of hydrogen-bond donors (Lipinski definition) is 6. The van der Waals surface area contributed by atoms with Crippen LogP contribution in [-0.2, 0) is 25.6 Å². The lowest BCUT2D eigenvalue weighted by Crippen LogP contribution is -2.58. The number of amides is 3. The summed E-state index contributed by atoms with van der Waals surface area (Å²) in [7, 11) is 0. The molecule has 0 aromatic heterocycles. The average molecular weight is 437 g/mol. The first-order valence-electron chi connectivity index (χ1n) is 10.1. The standard InChI is InChI=1S/C21H32N4O6/c1-12(2)9-15(22)18(27)24-16(10-14-7-5-4-6-8-14)19(28)25-17(11-26)20(29)23-13(3)21(30)31/h4-8,12-13,15-17,26H,9-11,22H2,1-3H3,(H,23,29)(H,24,27)(H,25,28)(H,30,31). The van der Waals surface area contributed by atoms with E-state index in [0.29, 0.717) is 6.42 Å². The Balaban J connectivity index is 2.94. The molecule has 0 saturated carbocycles. The number of carboxylic acids is 1. The number of carbonyl (C=O) groups excluding carboxylic acids is 3. The molecule has 1 aromatic carbocycles. The highest BCUT2D eigenvalue weighted by atomic mass is 16.4. The van der Waals surface area contributed by atoms with Crippen LogP contribution in [0.5, 0.6) is 0 Å². The van der Waals surface area contributed by atoms with Gasteiger partial charge in [-0.05, 0) is 24.8 Å². The molecule has 0 radical (unpaired) electrons. The average Bonchev–Trinajstić information content (AvgIpc) is 2.71. The molecule has 0 aliphatic rings. The van der Waals surface area contributed by atoms with Crippen LogP contribution in [0, 0.1) is 5.92 Å². The zero-order valence-electron chi connectivity index (χ0n) is 18.0. The van der Waals surface area contributed by atoms with E-state index >= 15 is 0 Å². The van der Waals surface area contributed by atoms with Gasteiger partial charge >= 0.3 is 5.97 Å². The second-order valence-corrected chi connectivity index (χ2v) is 7.80. The Morgan fingerprint density at radius 1 is 0.903 bits per heavy atom. The number of aliphatic hydroxyl groups is 1. The molecule has 0 fully saturated rings. The molecule has 0 spiro atoms. The van der Waals surface area contributed by atoms with Crippen molar-refractivity contribution in [1.29, 1.82) is 0 Å². The third kappa shape index (κ3) is 9.14. The van der Waals surface area contributed by atoms with Crippen LogP contribution in [0.15, 0.2) is 30.3 Å². The number of carbonyl (C=O) groups is 4. The molecule has 0 saturated heterocycles. The number of aliphatic carboxylic acids is 1. The highest BCUT2D eigenvalue weighted by molar-refractivity contribution is 5.94. The molecule has 1 rings (SSSR count). The maximum atomic E-state index is 12.8. The third-order valence-electron chi connectivity index (χ3n) is 4.52. The molecule has 1 aromatic rings. The molecule has 7 N–H and O–H groups in total. The predicted molar refractivity (Wildman–Crippen MR) is 114 cm³/mol. The lowest BCUT2D eigenvalue weighted by molar-refractivity contribution is -0.142. The maximum absolute atomic E-state index is 12.8. The van der Waals surface area contributed by atoms with Gasteiger partial charge < -0.3 is 31.9 Å². The van der Waals surface area contributed by atoms with Crippen molar-refractivity contribution in [2.75, 3.05) is 6.61 Å². The van der Waals surface area contributed by atoms with Gasteiger partial charge in [-0.1, -0.05) is 44.2 Å². The van der Waals surface area contributed by atoms with Crippen molar-refractivity contribution in [3.8, 4) is 0 Å². The van der Waals surface area contributed by atoms with Crippen LogP contribution in [-0.4, -0.2) is 64.7 Å². The minimum Gasteiger partial charge on any atom is -0.480 e. The smallest absolute Gasteiger partial charge is 0.325 e.